The highest BCUT2D eigenvalue weighted by atomic mass is 16.5. The summed E-state index contributed by atoms with van der Waals surface area (Å²) >= 11 is 0. The molecule has 0 aliphatic carbocycles. The molecule has 0 spiro atoms. The molecule has 0 aromatic heterocycles. The molecule has 1 aliphatic heterocycles. The van der Waals surface area contributed by atoms with Gasteiger partial charge in [-0.3, -0.25) is 0 Å². The molecule has 21 heavy (non-hydrogen) atoms. The maximum absolute atomic E-state index is 6.38. The zero-order chi connectivity index (χ0) is 14.7. The topological polar surface area (TPSA) is 21.3 Å². The normalized spacial score (nSPS) is 24.7. The fraction of sp³-hybridized carbons (Fsp3) is 0.368. The van der Waals surface area contributed by atoms with E-state index >= 15 is 0 Å². The Morgan fingerprint density at radius 3 is 2.29 bits per heavy atom. The lowest BCUT2D eigenvalue weighted by atomic mass is 9.92. The average molecular weight is 281 g/mol. The molecule has 0 amide bonds. The van der Waals surface area contributed by atoms with E-state index in [1.807, 2.05) is 0 Å². The van der Waals surface area contributed by atoms with Gasteiger partial charge in [0.1, 0.15) is 0 Å². The van der Waals surface area contributed by atoms with Gasteiger partial charge < -0.3 is 10.1 Å². The molecule has 3 rings (SSSR count). The van der Waals surface area contributed by atoms with Gasteiger partial charge in [0, 0.05) is 13.0 Å². The number of hydrogen-bond acceptors (Lipinski definition) is 2. The summed E-state index contributed by atoms with van der Waals surface area (Å²) in [7, 11) is 0. The van der Waals surface area contributed by atoms with E-state index in [0.29, 0.717) is 0 Å². The number of nitrogens with one attached hydrogen (secondary N) is 1. The van der Waals surface area contributed by atoms with E-state index in [1.165, 1.54) is 11.1 Å². The number of ether oxygens (including phenoxy) is 1. The molecular formula is C19H23NO. The van der Waals surface area contributed by atoms with Crippen LogP contribution in [0.15, 0.2) is 60.7 Å². The molecule has 2 unspecified atom stereocenters. The first-order chi connectivity index (χ1) is 10.1. The smallest absolute Gasteiger partial charge is 0.0817 e. The fourth-order valence-electron chi connectivity index (χ4n) is 3.01. The predicted octanol–water partition coefficient (Wildman–Crippen LogP) is 3.74. The molecule has 2 aromatic rings. The van der Waals surface area contributed by atoms with Crippen LogP contribution >= 0.6 is 0 Å². The monoisotopic (exact) mass is 281 g/mol. The Bertz CT molecular complexity index is 565. The number of benzene rings is 2. The molecular weight excluding hydrogens is 258 g/mol. The summed E-state index contributed by atoms with van der Waals surface area (Å²) in [6.07, 6.45) is 1.08. The third kappa shape index (κ3) is 3.52. The molecule has 1 saturated heterocycles. The number of rotatable bonds is 3. The van der Waals surface area contributed by atoms with Crippen molar-refractivity contribution in [1.82, 2.24) is 5.32 Å². The van der Waals surface area contributed by atoms with E-state index in [9.17, 15) is 0 Å². The third-order valence-corrected chi connectivity index (χ3v) is 4.03. The molecule has 110 valence electrons. The quantitative estimate of drug-likeness (QED) is 0.925. The van der Waals surface area contributed by atoms with Crippen molar-refractivity contribution in [2.45, 2.75) is 38.0 Å². The molecule has 0 radical (unpaired) electrons. The van der Waals surface area contributed by atoms with Crippen molar-refractivity contribution >= 4 is 0 Å². The lowest BCUT2D eigenvalue weighted by molar-refractivity contribution is -0.115. The molecule has 2 nitrogen and oxygen atoms in total. The van der Waals surface area contributed by atoms with Gasteiger partial charge in [-0.1, -0.05) is 60.7 Å². The molecule has 0 saturated carbocycles. The highest BCUT2D eigenvalue weighted by Gasteiger charge is 2.35. The Balaban J connectivity index is 1.84. The van der Waals surface area contributed by atoms with Crippen molar-refractivity contribution < 1.29 is 4.74 Å². The summed E-state index contributed by atoms with van der Waals surface area (Å²) in [4.78, 5) is 0. The van der Waals surface area contributed by atoms with Crippen LogP contribution in [0.4, 0.5) is 0 Å². The van der Waals surface area contributed by atoms with Crippen LogP contribution in [0.25, 0.3) is 0 Å². The van der Waals surface area contributed by atoms with Crippen LogP contribution in [-0.4, -0.2) is 18.2 Å². The van der Waals surface area contributed by atoms with Crippen molar-refractivity contribution in [2.75, 3.05) is 6.54 Å². The summed E-state index contributed by atoms with van der Waals surface area (Å²) < 4.78 is 6.38. The molecule has 2 aromatic carbocycles. The van der Waals surface area contributed by atoms with E-state index in [1.54, 1.807) is 0 Å². The van der Waals surface area contributed by atoms with Crippen molar-refractivity contribution in [3.63, 3.8) is 0 Å². The van der Waals surface area contributed by atoms with E-state index in [0.717, 1.165) is 13.0 Å². The predicted molar refractivity (Wildman–Crippen MR) is 86.3 cm³/mol. The number of morpholine rings is 1. The van der Waals surface area contributed by atoms with Crippen molar-refractivity contribution in [3.8, 4) is 0 Å². The molecule has 2 atom stereocenters. The SMILES string of the molecule is CC1(C)CNC(c2ccccc2)C(Cc2ccccc2)O1. The Morgan fingerprint density at radius 2 is 1.62 bits per heavy atom. The Morgan fingerprint density at radius 1 is 1.00 bits per heavy atom. The van der Waals surface area contributed by atoms with Crippen LogP contribution in [-0.2, 0) is 11.2 Å². The zero-order valence-corrected chi connectivity index (χ0v) is 12.8. The second-order valence-electron chi connectivity index (χ2n) is 6.37. The largest absolute Gasteiger partial charge is 0.369 e. The van der Waals surface area contributed by atoms with Crippen LogP contribution in [0, 0.1) is 0 Å². The maximum Gasteiger partial charge on any atom is 0.0817 e. The summed E-state index contributed by atoms with van der Waals surface area (Å²) in [5, 5.41) is 3.67. The third-order valence-electron chi connectivity index (χ3n) is 4.03. The van der Waals surface area contributed by atoms with Crippen LogP contribution in [0.3, 0.4) is 0 Å². The van der Waals surface area contributed by atoms with E-state index in [2.05, 4.69) is 79.8 Å². The summed E-state index contributed by atoms with van der Waals surface area (Å²) in [6, 6.07) is 21.4. The van der Waals surface area contributed by atoms with Crippen LogP contribution < -0.4 is 5.32 Å². The highest BCUT2D eigenvalue weighted by molar-refractivity contribution is 5.23. The van der Waals surface area contributed by atoms with Crippen LogP contribution in [0.1, 0.15) is 31.0 Å². The maximum atomic E-state index is 6.38. The zero-order valence-electron chi connectivity index (χ0n) is 12.8. The van der Waals surface area contributed by atoms with Crippen molar-refractivity contribution in [1.29, 1.82) is 0 Å². The minimum atomic E-state index is -0.120. The van der Waals surface area contributed by atoms with Gasteiger partial charge in [0.25, 0.3) is 0 Å². The van der Waals surface area contributed by atoms with Crippen molar-refractivity contribution in [3.05, 3.63) is 71.8 Å². The first-order valence-corrected chi connectivity index (χ1v) is 7.64. The summed E-state index contributed by atoms with van der Waals surface area (Å²) in [5.41, 5.74) is 2.50. The Hall–Kier alpha value is -1.64. The molecule has 1 aliphatic rings. The van der Waals surface area contributed by atoms with E-state index in [4.69, 9.17) is 4.74 Å². The van der Waals surface area contributed by atoms with Crippen LogP contribution in [0.2, 0.25) is 0 Å². The Labute approximate surface area is 127 Å². The lowest BCUT2D eigenvalue weighted by Gasteiger charge is -2.42. The van der Waals surface area contributed by atoms with Gasteiger partial charge in [0.05, 0.1) is 17.7 Å². The highest BCUT2D eigenvalue weighted by Crippen LogP contribution is 2.30. The lowest BCUT2D eigenvalue weighted by Crippen LogP contribution is -2.52. The molecule has 1 fully saturated rings. The first kappa shape index (κ1) is 14.3. The second kappa shape index (κ2) is 6.00. The van der Waals surface area contributed by atoms with Gasteiger partial charge >= 0.3 is 0 Å². The van der Waals surface area contributed by atoms with Gasteiger partial charge in [0.2, 0.25) is 0 Å². The van der Waals surface area contributed by atoms with Gasteiger partial charge in [0.15, 0.2) is 0 Å². The molecule has 0 bridgehead atoms. The van der Waals surface area contributed by atoms with E-state index in [-0.39, 0.29) is 17.7 Å². The van der Waals surface area contributed by atoms with E-state index < -0.39 is 0 Å². The standard InChI is InChI=1S/C19H23NO/c1-19(2)14-20-18(16-11-7-4-8-12-16)17(21-19)13-15-9-5-3-6-10-15/h3-12,17-18,20H,13-14H2,1-2H3. The minimum Gasteiger partial charge on any atom is -0.369 e. The molecule has 2 heteroatoms. The van der Waals surface area contributed by atoms with Gasteiger partial charge in [-0.05, 0) is 25.0 Å². The van der Waals surface area contributed by atoms with Crippen LogP contribution in [0.5, 0.6) is 0 Å². The minimum absolute atomic E-state index is 0.120. The number of hydrogen-bond donors (Lipinski definition) is 1. The fourth-order valence-corrected chi connectivity index (χ4v) is 3.01. The van der Waals surface area contributed by atoms with Gasteiger partial charge in [-0.15, -0.1) is 0 Å². The van der Waals surface area contributed by atoms with Gasteiger partial charge in [-0.2, -0.15) is 0 Å². The second-order valence-corrected chi connectivity index (χ2v) is 6.37. The first-order valence-electron chi connectivity index (χ1n) is 7.64. The summed E-state index contributed by atoms with van der Waals surface area (Å²) in [6.45, 7) is 5.18. The summed E-state index contributed by atoms with van der Waals surface area (Å²) in [5.74, 6) is 0. The van der Waals surface area contributed by atoms with Crippen molar-refractivity contribution in [2.24, 2.45) is 0 Å². The average Bonchev–Trinajstić information content (AvgIpc) is 2.48. The molecule has 1 heterocycles. The molecule has 1 N–H and O–H groups in total. The Kier molecular flexibility index (Phi) is 4.09. The van der Waals surface area contributed by atoms with Gasteiger partial charge in [-0.25, -0.2) is 0 Å².